The first-order valence-corrected chi connectivity index (χ1v) is 6.49. The van der Waals surface area contributed by atoms with Crippen molar-refractivity contribution in [3.05, 3.63) is 35.4 Å². The van der Waals surface area contributed by atoms with Crippen molar-refractivity contribution in [3.8, 4) is 0 Å². The van der Waals surface area contributed by atoms with Crippen molar-refractivity contribution < 1.29 is 19.5 Å². The van der Waals surface area contributed by atoms with E-state index >= 15 is 0 Å². The van der Waals surface area contributed by atoms with Gasteiger partial charge in [-0.1, -0.05) is 12.1 Å². The lowest BCUT2D eigenvalue weighted by molar-refractivity contribution is -0.136. The number of carboxylic acid groups (broad SMARTS) is 1. The van der Waals surface area contributed by atoms with Gasteiger partial charge in [0.25, 0.3) is 11.8 Å². The summed E-state index contributed by atoms with van der Waals surface area (Å²) in [6.07, 6.45) is 0.665. The normalized spacial score (nSPS) is 13.7. The second kappa shape index (κ2) is 6.29. The number of amides is 2. The van der Waals surface area contributed by atoms with Crippen LogP contribution in [0.25, 0.3) is 0 Å². The van der Waals surface area contributed by atoms with Crippen LogP contribution in [0.5, 0.6) is 0 Å². The number of rotatable bonds is 7. The van der Waals surface area contributed by atoms with Crippen molar-refractivity contribution in [2.24, 2.45) is 0 Å². The molecule has 0 atom stereocenters. The Labute approximate surface area is 116 Å². The number of carbonyl (C=O) groups is 3. The monoisotopic (exact) mass is 276 g/mol. The highest BCUT2D eigenvalue weighted by molar-refractivity contribution is 6.21. The quantitative estimate of drug-likeness (QED) is 0.566. The number of hydrogen-bond donors (Lipinski definition) is 2. The maximum absolute atomic E-state index is 12.0. The fourth-order valence-corrected chi connectivity index (χ4v) is 2.12. The number of carboxylic acids is 1. The molecule has 0 saturated carbocycles. The van der Waals surface area contributed by atoms with Crippen molar-refractivity contribution in [1.29, 1.82) is 0 Å². The lowest BCUT2D eigenvalue weighted by Crippen LogP contribution is -2.32. The predicted molar refractivity (Wildman–Crippen MR) is 71.5 cm³/mol. The van der Waals surface area contributed by atoms with Gasteiger partial charge in [-0.25, -0.2) is 0 Å². The van der Waals surface area contributed by atoms with Crippen molar-refractivity contribution in [2.75, 3.05) is 19.6 Å². The Morgan fingerprint density at radius 3 is 2.25 bits per heavy atom. The maximum atomic E-state index is 12.0. The second-order valence-electron chi connectivity index (χ2n) is 4.55. The summed E-state index contributed by atoms with van der Waals surface area (Å²) in [7, 11) is 0. The second-order valence-corrected chi connectivity index (χ2v) is 4.55. The Hall–Kier alpha value is -2.21. The van der Waals surface area contributed by atoms with Crippen molar-refractivity contribution in [2.45, 2.75) is 12.8 Å². The summed E-state index contributed by atoms with van der Waals surface area (Å²) < 4.78 is 0. The molecule has 20 heavy (non-hydrogen) atoms. The van der Waals surface area contributed by atoms with Gasteiger partial charge in [-0.3, -0.25) is 19.3 Å². The Kier molecular flexibility index (Phi) is 4.47. The molecule has 0 fully saturated rings. The lowest BCUT2D eigenvalue weighted by atomic mass is 10.1. The zero-order valence-corrected chi connectivity index (χ0v) is 11.0. The zero-order valence-electron chi connectivity index (χ0n) is 11.0. The van der Waals surface area contributed by atoms with E-state index in [-0.39, 0.29) is 18.2 Å². The van der Waals surface area contributed by atoms with E-state index in [9.17, 15) is 14.4 Å². The number of benzene rings is 1. The minimum atomic E-state index is -0.849. The molecular formula is C14H16N2O4. The van der Waals surface area contributed by atoms with Crippen LogP contribution in [0.15, 0.2) is 24.3 Å². The molecule has 0 saturated heterocycles. The first-order chi connectivity index (χ1) is 9.61. The molecular weight excluding hydrogens is 260 g/mol. The summed E-state index contributed by atoms with van der Waals surface area (Å²) in [6.45, 7) is 1.30. The molecule has 1 heterocycles. The van der Waals surface area contributed by atoms with E-state index in [0.29, 0.717) is 37.2 Å². The van der Waals surface area contributed by atoms with Crippen LogP contribution in [0.2, 0.25) is 0 Å². The number of imide groups is 1. The lowest BCUT2D eigenvalue weighted by Gasteiger charge is -2.13. The summed E-state index contributed by atoms with van der Waals surface area (Å²) in [4.78, 5) is 35.6. The van der Waals surface area contributed by atoms with Gasteiger partial charge in [0, 0.05) is 13.1 Å². The van der Waals surface area contributed by atoms with Crippen molar-refractivity contribution in [3.63, 3.8) is 0 Å². The van der Waals surface area contributed by atoms with E-state index < -0.39 is 5.97 Å². The standard InChI is InChI=1S/C14H16N2O4/c17-12(18)6-8-15-7-3-9-16-13(19)10-4-1-2-5-11(10)14(16)20/h1-2,4-5,15H,3,6-9H2,(H,17,18). The van der Waals surface area contributed by atoms with Crippen LogP contribution >= 0.6 is 0 Å². The molecule has 2 amide bonds. The van der Waals surface area contributed by atoms with Crippen LogP contribution in [0.1, 0.15) is 33.6 Å². The molecule has 1 aliphatic heterocycles. The van der Waals surface area contributed by atoms with Crippen LogP contribution in [0.4, 0.5) is 0 Å². The Balaban J connectivity index is 1.79. The first-order valence-electron chi connectivity index (χ1n) is 6.49. The van der Waals surface area contributed by atoms with E-state index in [4.69, 9.17) is 5.11 Å². The first kappa shape index (κ1) is 14.2. The van der Waals surface area contributed by atoms with Crippen molar-refractivity contribution in [1.82, 2.24) is 10.2 Å². The third-order valence-electron chi connectivity index (χ3n) is 3.13. The van der Waals surface area contributed by atoms with Crippen LogP contribution in [0, 0.1) is 0 Å². The van der Waals surface area contributed by atoms with Crippen LogP contribution < -0.4 is 5.32 Å². The average Bonchev–Trinajstić information content (AvgIpc) is 2.67. The van der Waals surface area contributed by atoms with E-state index in [0.717, 1.165) is 0 Å². The largest absolute Gasteiger partial charge is 0.481 e. The summed E-state index contributed by atoms with van der Waals surface area (Å²) in [5.41, 5.74) is 0.910. The highest BCUT2D eigenvalue weighted by Gasteiger charge is 2.34. The van der Waals surface area contributed by atoms with E-state index in [1.807, 2.05) is 0 Å². The molecule has 0 spiro atoms. The average molecular weight is 276 g/mol. The molecule has 0 bridgehead atoms. The van der Waals surface area contributed by atoms with Crippen molar-refractivity contribution >= 4 is 17.8 Å². The van der Waals surface area contributed by atoms with E-state index in [1.54, 1.807) is 24.3 Å². The van der Waals surface area contributed by atoms with Gasteiger partial charge in [0.2, 0.25) is 0 Å². The van der Waals surface area contributed by atoms with Gasteiger partial charge in [-0.15, -0.1) is 0 Å². The number of carbonyl (C=O) groups excluding carboxylic acids is 2. The minimum absolute atomic E-state index is 0.0625. The van der Waals surface area contributed by atoms with Gasteiger partial charge >= 0.3 is 5.97 Å². The van der Waals surface area contributed by atoms with Gasteiger partial charge in [-0.05, 0) is 25.1 Å². The summed E-state index contributed by atoms with van der Waals surface area (Å²) in [6, 6.07) is 6.78. The Bertz CT molecular complexity index is 507. The van der Waals surface area contributed by atoms with Gasteiger partial charge in [0.1, 0.15) is 0 Å². The molecule has 2 rings (SSSR count). The molecule has 0 aliphatic carbocycles. The minimum Gasteiger partial charge on any atom is -0.481 e. The molecule has 1 aliphatic rings. The summed E-state index contributed by atoms with van der Waals surface area (Å²) in [5, 5.41) is 11.4. The van der Waals surface area contributed by atoms with Crippen LogP contribution in [0.3, 0.4) is 0 Å². The smallest absolute Gasteiger partial charge is 0.304 e. The van der Waals surface area contributed by atoms with Crippen LogP contribution in [-0.4, -0.2) is 47.4 Å². The Morgan fingerprint density at radius 2 is 1.70 bits per heavy atom. The fourth-order valence-electron chi connectivity index (χ4n) is 2.12. The number of nitrogens with zero attached hydrogens (tertiary/aromatic N) is 1. The molecule has 0 aromatic heterocycles. The highest BCUT2D eigenvalue weighted by atomic mass is 16.4. The molecule has 2 N–H and O–H groups in total. The Morgan fingerprint density at radius 1 is 1.10 bits per heavy atom. The third-order valence-corrected chi connectivity index (χ3v) is 3.13. The number of aliphatic carboxylic acids is 1. The highest BCUT2D eigenvalue weighted by Crippen LogP contribution is 2.22. The van der Waals surface area contributed by atoms with Gasteiger partial charge < -0.3 is 10.4 Å². The maximum Gasteiger partial charge on any atom is 0.304 e. The fraction of sp³-hybridized carbons (Fsp3) is 0.357. The molecule has 6 heteroatoms. The third kappa shape index (κ3) is 3.03. The molecule has 106 valence electrons. The van der Waals surface area contributed by atoms with Crippen LogP contribution in [-0.2, 0) is 4.79 Å². The number of fused-ring (bicyclic) bond motifs is 1. The predicted octanol–water partition coefficient (Wildman–Crippen LogP) is 0.737. The summed E-state index contributed by atoms with van der Waals surface area (Å²) in [5.74, 6) is -1.36. The molecule has 0 radical (unpaired) electrons. The van der Waals surface area contributed by atoms with Gasteiger partial charge in [0.15, 0.2) is 0 Å². The molecule has 1 aromatic carbocycles. The van der Waals surface area contributed by atoms with Gasteiger partial charge in [-0.2, -0.15) is 0 Å². The number of nitrogens with one attached hydrogen (secondary N) is 1. The molecule has 1 aromatic rings. The summed E-state index contributed by atoms with van der Waals surface area (Å²) >= 11 is 0. The number of hydrogen-bond acceptors (Lipinski definition) is 4. The zero-order chi connectivity index (χ0) is 14.5. The van der Waals surface area contributed by atoms with E-state index in [2.05, 4.69) is 5.32 Å². The van der Waals surface area contributed by atoms with Gasteiger partial charge in [0.05, 0.1) is 17.5 Å². The SMILES string of the molecule is O=C(O)CCNCCCN1C(=O)c2ccccc2C1=O. The molecule has 6 nitrogen and oxygen atoms in total. The van der Waals surface area contributed by atoms with E-state index in [1.165, 1.54) is 4.90 Å². The molecule has 0 unspecified atom stereocenters. The topological polar surface area (TPSA) is 86.7 Å².